The monoisotopic (exact) mass is 264 g/mol. The van der Waals surface area contributed by atoms with Crippen LogP contribution in [0.4, 0.5) is 0 Å². The zero-order valence-electron chi connectivity index (χ0n) is 8.10. The van der Waals surface area contributed by atoms with Gasteiger partial charge in [-0.25, -0.2) is 4.79 Å². The summed E-state index contributed by atoms with van der Waals surface area (Å²) in [7, 11) is 0. The van der Waals surface area contributed by atoms with E-state index < -0.39 is 18.2 Å². The van der Waals surface area contributed by atoms with Crippen molar-refractivity contribution in [2.75, 3.05) is 0 Å². The minimum absolute atomic E-state index is 0.141. The Morgan fingerprint density at radius 3 is 2.50 bits per heavy atom. The van der Waals surface area contributed by atoms with Crippen molar-refractivity contribution in [3.63, 3.8) is 0 Å². The maximum Gasteiger partial charge on any atom is 0.335 e. The molecule has 1 aromatic rings. The molecule has 0 aliphatic rings. The molecule has 3 N–H and O–H groups in total. The summed E-state index contributed by atoms with van der Waals surface area (Å²) in [4.78, 5) is 10.5. The lowest BCUT2D eigenvalue weighted by molar-refractivity contribution is -0.153. The van der Waals surface area contributed by atoms with Gasteiger partial charge in [-0.2, -0.15) is 0 Å². The van der Waals surface area contributed by atoms with Gasteiger partial charge in [0.05, 0.1) is 0 Å². The van der Waals surface area contributed by atoms with Gasteiger partial charge in [0.1, 0.15) is 6.10 Å². The number of carbonyl (C=O) groups is 1. The molecule has 2 atom stereocenters. The summed E-state index contributed by atoms with van der Waals surface area (Å²) in [6.45, 7) is 0. The number of aliphatic carboxylic acids is 1. The average molecular weight is 265 g/mol. The molecule has 16 heavy (non-hydrogen) atoms. The van der Waals surface area contributed by atoms with Crippen LogP contribution >= 0.6 is 23.2 Å². The van der Waals surface area contributed by atoms with Crippen molar-refractivity contribution < 1.29 is 20.1 Å². The number of halogens is 2. The number of carboxylic acids is 1. The molecule has 0 aliphatic carbocycles. The van der Waals surface area contributed by atoms with Crippen molar-refractivity contribution in [3.8, 4) is 0 Å². The van der Waals surface area contributed by atoms with Crippen LogP contribution < -0.4 is 0 Å². The summed E-state index contributed by atoms with van der Waals surface area (Å²) in [6.07, 6.45) is -3.37. The third-order valence-corrected chi connectivity index (χ3v) is 2.76. The number of hydrogen-bond acceptors (Lipinski definition) is 3. The highest BCUT2D eigenvalue weighted by Gasteiger charge is 2.25. The van der Waals surface area contributed by atoms with Crippen LogP contribution in [0.2, 0.25) is 5.02 Å². The van der Waals surface area contributed by atoms with Gasteiger partial charge in [-0.3, -0.25) is 0 Å². The average Bonchev–Trinajstić information content (AvgIpc) is 2.27. The second-order valence-electron chi connectivity index (χ2n) is 3.21. The molecule has 0 amide bonds. The van der Waals surface area contributed by atoms with E-state index in [1.165, 1.54) is 18.2 Å². The van der Waals surface area contributed by atoms with Crippen molar-refractivity contribution in [2.24, 2.45) is 0 Å². The van der Waals surface area contributed by atoms with Gasteiger partial charge < -0.3 is 15.3 Å². The standard InChI is InChI=1S/C10H10Cl2O4/c11-4-6-3-5(1-2-7(6)12)8(13)9(14)10(15)16/h1-3,8-9,13-14H,4H2,(H,15,16). The number of hydrogen-bond donors (Lipinski definition) is 3. The van der Waals surface area contributed by atoms with Crippen LogP contribution in [0, 0.1) is 0 Å². The molecule has 0 aromatic heterocycles. The third kappa shape index (κ3) is 2.86. The van der Waals surface area contributed by atoms with Crippen LogP contribution in [0.5, 0.6) is 0 Å². The number of aliphatic hydroxyl groups excluding tert-OH is 2. The Morgan fingerprint density at radius 1 is 1.38 bits per heavy atom. The van der Waals surface area contributed by atoms with E-state index in [1.54, 1.807) is 0 Å². The van der Waals surface area contributed by atoms with Gasteiger partial charge in [-0.05, 0) is 17.2 Å². The predicted octanol–water partition coefficient (Wildman–Crippen LogP) is 1.56. The molecular formula is C10H10Cl2O4. The van der Waals surface area contributed by atoms with Gasteiger partial charge >= 0.3 is 5.97 Å². The largest absolute Gasteiger partial charge is 0.479 e. The van der Waals surface area contributed by atoms with Crippen molar-refractivity contribution in [2.45, 2.75) is 18.1 Å². The number of alkyl halides is 1. The lowest BCUT2D eigenvalue weighted by Crippen LogP contribution is -2.27. The van der Waals surface area contributed by atoms with Crippen molar-refractivity contribution >= 4 is 29.2 Å². The second-order valence-corrected chi connectivity index (χ2v) is 3.89. The predicted molar refractivity (Wildman–Crippen MR) is 59.6 cm³/mol. The van der Waals surface area contributed by atoms with Gasteiger partial charge in [0.25, 0.3) is 0 Å². The lowest BCUT2D eigenvalue weighted by Gasteiger charge is -2.15. The molecule has 0 saturated heterocycles. The Hall–Kier alpha value is -0.810. The maximum absolute atomic E-state index is 10.5. The highest BCUT2D eigenvalue weighted by atomic mass is 35.5. The van der Waals surface area contributed by atoms with Crippen molar-refractivity contribution in [1.29, 1.82) is 0 Å². The van der Waals surface area contributed by atoms with Crippen LogP contribution in [0.15, 0.2) is 18.2 Å². The van der Waals surface area contributed by atoms with Crippen LogP contribution in [0.1, 0.15) is 17.2 Å². The number of aliphatic hydroxyl groups is 2. The van der Waals surface area contributed by atoms with Gasteiger partial charge in [-0.15, -0.1) is 11.6 Å². The van der Waals surface area contributed by atoms with E-state index in [2.05, 4.69) is 0 Å². The third-order valence-electron chi connectivity index (χ3n) is 2.11. The minimum Gasteiger partial charge on any atom is -0.479 e. The number of benzene rings is 1. The molecule has 1 rings (SSSR count). The quantitative estimate of drug-likeness (QED) is 0.722. The summed E-state index contributed by atoms with van der Waals surface area (Å²) in [5.41, 5.74) is 0.826. The van der Waals surface area contributed by atoms with Crippen LogP contribution in [0.25, 0.3) is 0 Å². The van der Waals surface area contributed by atoms with E-state index in [9.17, 15) is 9.90 Å². The maximum atomic E-state index is 10.5. The molecule has 0 saturated carbocycles. The minimum atomic E-state index is -1.87. The summed E-state index contributed by atoms with van der Waals surface area (Å²) in [5.74, 6) is -1.35. The fourth-order valence-corrected chi connectivity index (χ4v) is 1.67. The molecule has 6 heteroatoms. The Bertz CT molecular complexity index is 394. The van der Waals surface area contributed by atoms with Gasteiger partial charge in [0, 0.05) is 10.9 Å². The first-order valence-electron chi connectivity index (χ1n) is 4.40. The van der Waals surface area contributed by atoms with E-state index in [4.69, 9.17) is 33.4 Å². The van der Waals surface area contributed by atoms with Crippen LogP contribution in [0.3, 0.4) is 0 Å². The molecule has 0 spiro atoms. The molecule has 0 fully saturated rings. The molecule has 0 aliphatic heterocycles. The van der Waals surface area contributed by atoms with Crippen LogP contribution in [-0.2, 0) is 10.7 Å². The molecule has 88 valence electrons. The second kappa shape index (κ2) is 5.50. The zero-order valence-corrected chi connectivity index (χ0v) is 9.61. The first-order chi connectivity index (χ1) is 7.47. The molecular weight excluding hydrogens is 255 g/mol. The summed E-state index contributed by atoms with van der Waals surface area (Å²) in [5, 5.41) is 27.7. The number of carboxylic acid groups (broad SMARTS) is 1. The zero-order chi connectivity index (χ0) is 12.3. The Morgan fingerprint density at radius 2 is 2.00 bits per heavy atom. The Balaban J connectivity index is 3.00. The van der Waals surface area contributed by atoms with Gasteiger partial charge in [0.15, 0.2) is 6.10 Å². The highest BCUT2D eigenvalue weighted by Crippen LogP contribution is 2.24. The molecule has 4 nitrogen and oxygen atoms in total. The topological polar surface area (TPSA) is 77.8 Å². The highest BCUT2D eigenvalue weighted by molar-refractivity contribution is 6.32. The van der Waals surface area contributed by atoms with E-state index in [0.717, 1.165) is 0 Å². The Labute approximate surface area is 102 Å². The van der Waals surface area contributed by atoms with Gasteiger partial charge in [-0.1, -0.05) is 23.7 Å². The fourth-order valence-electron chi connectivity index (χ4n) is 1.20. The van der Waals surface area contributed by atoms with Gasteiger partial charge in [0.2, 0.25) is 0 Å². The lowest BCUT2D eigenvalue weighted by atomic mass is 10.0. The molecule has 0 heterocycles. The van der Waals surface area contributed by atoms with E-state index in [0.29, 0.717) is 10.6 Å². The first kappa shape index (κ1) is 13.3. The molecule has 1 aromatic carbocycles. The summed E-state index contributed by atoms with van der Waals surface area (Å²) >= 11 is 11.4. The van der Waals surface area contributed by atoms with E-state index in [1.807, 2.05) is 0 Å². The normalized spacial score (nSPS) is 14.5. The Kier molecular flexibility index (Phi) is 4.56. The first-order valence-corrected chi connectivity index (χ1v) is 5.32. The molecule has 0 bridgehead atoms. The summed E-state index contributed by atoms with van der Waals surface area (Å²) in [6, 6.07) is 4.40. The SMILES string of the molecule is O=C(O)C(O)C(O)c1ccc(Cl)c(CCl)c1. The van der Waals surface area contributed by atoms with Crippen LogP contribution in [-0.4, -0.2) is 27.4 Å². The smallest absolute Gasteiger partial charge is 0.335 e. The summed E-state index contributed by atoms with van der Waals surface area (Å²) < 4.78 is 0. The van der Waals surface area contributed by atoms with Crippen molar-refractivity contribution in [3.05, 3.63) is 34.3 Å². The van der Waals surface area contributed by atoms with Crippen molar-refractivity contribution in [1.82, 2.24) is 0 Å². The molecule has 2 unspecified atom stereocenters. The van der Waals surface area contributed by atoms with E-state index >= 15 is 0 Å². The molecule has 0 radical (unpaired) electrons. The number of rotatable bonds is 4. The fraction of sp³-hybridized carbons (Fsp3) is 0.300. The van der Waals surface area contributed by atoms with E-state index in [-0.39, 0.29) is 11.4 Å².